The van der Waals surface area contributed by atoms with Crippen LogP contribution in [-0.2, 0) is 11.1 Å². The lowest BCUT2D eigenvalue weighted by molar-refractivity contribution is 0.180. The maximum atomic E-state index is 10.4. The van der Waals surface area contributed by atoms with Crippen molar-refractivity contribution in [3.63, 3.8) is 0 Å². The Morgan fingerprint density at radius 3 is 2.78 bits per heavy atom. The molecule has 1 aromatic heterocycles. The molecule has 2 rings (SSSR count). The molecule has 102 valence electrons. The second-order valence-corrected chi connectivity index (χ2v) is 5.70. The van der Waals surface area contributed by atoms with Gasteiger partial charge in [0.05, 0.1) is 17.9 Å². The minimum atomic E-state index is -1.91. The maximum absolute atomic E-state index is 10.4. The van der Waals surface area contributed by atoms with E-state index in [1.807, 2.05) is 10.9 Å². The van der Waals surface area contributed by atoms with Crippen LogP contribution in [-0.4, -0.2) is 48.8 Å². The minimum absolute atomic E-state index is 0.260. The minimum Gasteiger partial charge on any atom is -0.772 e. The topological polar surface area (TPSA) is 87.2 Å². The van der Waals surface area contributed by atoms with Gasteiger partial charge in [-0.15, -0.1) is 0 Å². The molecule has 0 amide bonds. The second kappa shape index (κ2) is 6.31. The standard InChI is InChI=1S/C11H20N4O2S/c12-10-8-13-15(9-10)11-2-5-14(6-3-11)4-1-7-18(16)17/h8-9,11H,1-7,12H2,(H,16,17)/p-1. The molecule has 1 aromatic rings. The molecule has 1 fully saturated rings. The molecule has 2 N–H and O–H groups in total. The van der Waals surface area contributed by atoms with Crippen LogP contribution in [0.2, 0.25) is 0 Å². The Labute approximate surface area is 109 Å². The predicted octanol–water partition coefficient (Wildman–Crippen LogP) is 0.371. The molecule has 7 heteroatoms. The zero-order valence-corrected chi connectivity index (χ0v) is 11.1. The highest BCUT2D eigenvalue weighted by Gasteiger charge is 2.20. The summed E-state index contributed by atoms with van der Waals surface area (Å²) in [6.07, 6.45) is 6.36. The van der Waals surface area contributed by atoms with Crippen molar-refractivity contribution >= 4 is 16.8 Å². The summed E-state index contributed by atoms with van der Waals surface area (Å²) in [4.78, 5) is 2.32. The smallest absolute Gasteiger partial charge is 0.0719 e. The van der Waals surface area contributed by atoms with Gasteiger partial charge in [-0.1, -0.05) is 11.1 Å². The molecule has 18 heavy (non-hydrogen) atoms. The monoisotopic (exact) mass is 271 g/mol. The van der Waals surface area contributed by atoms with E-state index < -0.39 is 11.1 Å². The van der Waals surface area contributed by atoms with Crippen molar-refractivity contribution in [1.82, 2.24) is 14.7 Å². The van der Waals surface area contributed by atoms with Gasteiger partial charge in [0.15, 0.2) is 0 Å². The Kier molecular flexibility index (Phi) is 4.73. The van der Waals surface area contributed by atoms with Crippen LogP contribution < -0.4 is 5.73 Å². The third kappa shape index (κ3) is 3.79. The van der Waals surface area contributed by atoms with Crippen LogP contribution in [0.1, 0.15) is 25.3 Å². The van der Waals surface area contributed by atoms with Crippen LogP contribution >= 0.6 is 0 Å². The number of nitrogens with two attached hydrogens (primary N) is 1. The molecule has 0 aliphatic carbocycles. The summed E-state index contributed by atoms with van der Waals surface area (Å²) in [7, 11) is 0. The van der Waals surface area contributed by atoms with Crippen molar-refractivity contribution in [3.05, 3.63) is 12.4 Å². The summed E-state index contributed by atoms with van der Waals surface area (Å²) in [5, 5.41) is 4.24. The van der Waals surface area contributed by atoms with Gasteiger partial charge < -0.3 is 15.2 Å². The second-order valence-electron chi connectivity index (χ2n) is 4.69. The molecular formula is C11H19N4O2S-. The SMILES string of the molecule is Nc1cnn(C2CCN(CCCS(=O)[O-])CC2)c1. The summed E-state index contributed by atoms with van der Waals surface area (Å²) < 4.78 is 22.8. The van der Waals surface area contributed by atoms with E-state index in [1.54, 1.807) is 6.20 Å². The van der Waals surface area contributed by atoms with E-state index >= 15 is 0 Å². The van der Waals surface area contributed by atoms with Crippen LogP contribution in [0.3, 0.4) is 0 Å². The van der Waals surface area contributed by atoms with Crippen LogP contribution in [0.15, 0.2) is 12.4 Å². The van der Waals surface area contributed by atoms with E-state index in [4.69, 9.17) is 5.73 Å². The number of nitrogen functional groups attached to an aromatic ring is 1. The van der Waals surface area contributed by atoms with Crippen molar-refractivity contribution in [2.75, 3.05) is 31.1 Å². The number of nitrogens with zero attached hydrogens (tertiary/aromatic N) is 3. The molecule has 0 spiro atoms. The quantitative estimate of drug-likeness (QED) is 0.782. The van der Waals surface area contributed by atoms with Gasteiger partial charge in [-0.05, 0) is 25.8 Å². The van der Waals surface area contributed by atoms with Gasteiger partial charge in [-0.3, -0.25) is 8.89 Å². The molecule has 1 saturated heterocycles. The summed E-state index contributed by atoms with van der Waals surface area (Å²) in [5.74, 6) is 0.260. The molecule has 1 aliphatic heterocycles. The fourth-order valence-electron chi connectivity index (χ4n) is 2.37. The number of piperidine rings is 1. The number of rotatable bonds is 5. The number of hydrogen-bond acceptors (Lipinski definition) is 5. The predicted molar refractivity (Wildman–Crippen MR) is 69.8 cm³/mol. The molecule has 1 atom stereocenters. The van der Waals surface area contributed by atoms with Gasteiger partial charge in [-0.25, -0.2) is 0 Å². The highest BCUT2D eigenvalue weighted by atomic mass is 32.2. The maximum Gasteiger partial charge on any atom is 0.0719 e. The molecule has 0 saturated carbocycles. The number of anilines is 1. The van der Waals surface area contributed by atoms with Crippen LogP contribution in [0.5, 0.6) is 0 Å². The first-order chi connectivity index (χ1) is 8.65. The molecular weight excluding hydrogens is 252 g/mol. The van der Waals surface area contributed by atoms with Gasteiger partial charge in [0.2, 0.25) is 0 Å². The molecule has 0 radical (unpaired) electrons. The number of hydrogen-bond donors (Lipinski definition) is 1. The van der Waals surface area contributed by atoms with Crippen LogP contribution in [0.4, 0.5) is 5.69 Å². The van der Waals surface area contributed by atoms with Gasteiger partial charge in [0.25, 0.3) is 0 Å². The van der Waals surface area contributed by atoms with E-state index in [1.165, 1.54) is 0 Å². The van der Waals surface area contributed by atoms with Crippen molar-refractivity contribution in [3.8, 4) is 0 Å². The summed E-state index contributed by atoms with van der Waals surface area (Å²) in [5.41, 5.74) is 6.36. The van der Waals surface area contributed by atoms with Gasteiger partial charge >= 0.3 is 0 Å². The van der Waals surface area contributed by atoms with E-state index in [2.05, 4.69) is 10.00 Å². The summed E-state index contributed by atoms with van der Waals surface area (Å²) in [6.45, 7) is 2.85. The Morgan fingerprint density at radius 1 is 1.50 bits per heavy atom. The van der Waals surface area contributed by atoms with E-state index in [0.717, 1.165) is 38.9 Å². The molecule has 0 aromatic carbocycles. The molecule has 6 nitrogen and oxygen atoms in total. The van der Waals surface area contributed by atoms with Gasteiger partial charge in [0.1, 0.15) is 0 Å². The Morgan fingerprint density at radius 2 is 2.22 bits per heavy atom. The van der Waals surface area contributed by atoms with Gasteiger partial charge in [-0.2, -0.15) is 5.10 Å². The Balaban J connectivity index is 1.73. The number of aromatic nitrogens is 2. The zero-order chi connectivity index (χ0) is 13.0. The third-order valence-corrected chi connectivity index (χ3v) is 3.96. The van der Waals surface area contributed by atoms with Crippen molar-refractivity contribution in [2.24, 2.45) is 0 Å². The first-order valence-electron chi connectivity index (χ1n) is 6.23. The fraction of sp³-hybridized carbons (Fsp3) is 0.727. The van der Waals surface area contributed by atoms with E-state index in [0.29, 0.717) is 11.7 Å². The van der Waals surface area contributed by atoms with E-state index in [-0.39, 0.29) is 5.75 Å². The largest absolute Gasteiger partial charge is 0.772 e. The summed E-state index contributed by atoms with van der Waals surface area (Å²) >= 11 is -1.91. The Hall–Kier alpha value is -0.920. The number of likely N-dealkylation sites (tertiary alicyclic amines) is 1. The Bertz CT molecular complexity index is 402. The molecule has 1 unspecified atom stereocenters. The van der Waals surface area contributed by atoms with Crippen LogP contribution in [0, 0.1) is 0 Å². The molecule has 1 aliphatic rings. The zero-order valence-electron chi connectivity index (χ0n) is 10.3. The highest BCUT2D eigenvalue weighted by molar-refractivity contribution is 7.79. The van der Waals surface area contributed by atoms with Crippen LogP contribution in [0.25, 0.3) is 0 Å². The normalized spacial score (nSPS) is 20.1. The molecule has 0 bridgehead atoms. The lowest BCUT2D eigenvalue weighted by atomic mass is 10.1. The van der Waals surface area contributed by atoms with E-state index in [9.17, 15) is 8.76 Å². The van der Waals surface area contributed by atoms with Crippen molar-refractivity contribution < 1.29 is 8.76 Å². The third-order valence-electron chi connectivity index (χ3n) is 3.34. The molecule has 2 heterocycles. The first kappa shape index (κ1) is 13.5. The lowest BCUT2D eigenvalue weighted by Crippen LogP contribution is -2.35. The average molecular weight is 271 g/mol. The lowest BCUT2D eigenvalue weighted by Gasteiger charge is -2.32. The average Bonchev–Trinajstić information content (AvgIpc) is 2.76. The van der Waals surface area contributed by atoms with Crippen molar-refractivity contribution in [1.29, 1.82) is 0 Å². The van der Waals surface area contributed by atoms with Gasteiger partial charge in [0, 0.05) is 25.0 Å². The highest BCUT2D eigenvalue weighted by Crippen LogP contribution is 2.22. The fourth-order valence-corrected chi connectivity index (χ4v) is 2.73. The summed E-state index contributed by atoms with van der Waals surface area (Å²) in [6, 6.07) is 0.423. The first-order valence-corrected chi connectivity index (χ1v) is 7.47. The van der Waals surface area contributed by atoms with Crippen molar-refractivity contribution in [2.45, 2.75) is 25.3 Å².